The highest BCUT2D eigenvalue weighted by atomic mass is 35.5. The Bertz CT molecular complexity index is 1170. The summed E-state index contributed by atoms with van der Waals surface area (Å²) in [4.78, 5) is 13.4. The molecule has 0 atom stereocenters. The lowest BCUT2D eigenvalue weighted by atomic mass is 10.1. The summed E-state index contributed by atoms with van der Waals surface area (Å²) in [6.45, 7) is 3.03. The zero-order valence-electron chi connectivity index (χ0n) is 15.2. The first kappa shape index (κ1) is 19.4. The number of carbonyl (C=O) groups is 1. The number of hydrogen-bond donors (Lipinski definition) is 1. The Labute approximate surface area is 173 Å². The summed E-state index contributed by atoms with van der Waals surface area (Å²) >= 11 is 7.79. The van der Waals surface area contributed by atoms with E-state index in [1.54, 1.807) is 18.2 Å². The number of rotatable bonds is 4. The maximum Gasteiger partial charge on any atom is 0.267 e. The third kappa shape index (κ3) is 3.43. The van der Waals surface area contributed by atoms with Crippen molar-refractivity contribution in [2.24, 2.45) is 0 Å². The molecule has 1 aromatic heterocycles. The molecule has 28 heavy (non-hydrogen) atoms. The maximum atomic E-state index is 12.8. The van der Waals surface area contributed by atoms with Gasteiger partial charge in [-0.15, -0.1) is 11.3 Å². The number of halogens is 1. The van der Waals surface area contributed by atoms with Crippen LogP contribution in [0, 0.1) is 6.92 Å². The van der Waals surface area contributed by atoms with Gasteiger partial charge in [-0.2, -0.15) is 4.31 Å². The minimum Gasteiger partial charge on any atom is -0.321 e. The Morgan fingerprint density at radius 2 is 1.86 bits per heavy atom. The van der Waals surface area contributed by atoms with E-state index in [0.717, 1.165) is 28.5 Å². The first-order chi connectivity index (χ1) is 13.4. The molecule has 4 rings (SSSR count). The number of nitrogens with zero attached hydrogens (tertiary/aromatic N) is 1. The molecule has 8 heteroatoms. The Morgan fingerprint density at radius 3 is 2.57 bits per heavy atom. The third-order valence-corrected chi connectivity index (χ3v) is 8.40. The van der Waals surface area contributed by atoms with Crippen molar-refractivity contribution < 1.29 is 13.2 Å². The van der Waals surface area contributed by atoms with Crippen LogP contribution in [0.2, 0.25) is 5.02 Å². The highest BCUT2D eigenvalue weighted by molar-refractivity contribution is 7.89. The third-order valence-electron chi connectivity index (χ3n) is 4.87. The van der Waals surface area contributed by atoms with Gasteiger partial charge in [0.1, 0.15) is 4.88 Å². The molecule has 0 unspecified atom stereocenters. The van der Waals surface area contributed by atoms with Crippen LogP contribution in [0.5, 0.6) is 0 Å². The topological polar surface area (TPSA) is 66.5 Å². The predicted octanol–water partition coefficient (Wildman–Crippen LogP) is 4.90. The van der Waals surface area contributed by atoms with Gasteiger partial charge in [-0.25, -0.2) is 8.42 Å². The van der Waals surface area contributed by atoms with E-state index in [1.807, 2.05) is 25.1 Å². The summed E-state index contributed by atoms with van der Waals surface area (Å²) in [5.74, 6) is -0.346. The van der Waals surface area contributed by atoms with Crippen LogP contribution >= 0.6 is 22.9 Å². The van der Waals surface area contributed by atoms with Crippen molar-refractivity contribution in [2.75, 3.05) is 18.4 Å². The van der Waals surface area contributed by atoms with E-state index in [2.05, 4.69) is 5.32 Å². The number of nitrogens with one attached hydrogen (secondary N) is 1. The van der Waals surface area contributed by atoms with Gasteiger partial charge >= 0.3 is 0 Å². The van der Waals surface area contributed by atoms with Crippen molar-refractivity contribution in [2.45, 2.75) is 24.7 Å². The number of hydrogen-bond acceptors (Lipinski definition) is 4. The molecule has 1 aliphatic heterocycles. The van der Waals surface area contributed by atoms with Gasteiger partial charge in [-0.3, -0.25) is 4.79 Å². The Hall–Kier alpha value is -1.93. The molecular formula is C20H19ClN2O3S2. The summed E-state index contributed by atoms with van der Waals surface area (Å²) in [6, 6.07) is 12.2. The minimum absolute atomic E-state index is 0.186. The van der Waals surface area contributed by atoms with Crippen molar-refractivity contribution in [1.29, 1.82) is 0 Å². The van der Waals surface area contributed by atoms with E-state index >= 15 is 0 Å². The highest BCUT2D eigenvalue weighted by Gasteiger charge is 2.27. The van der Waals surface area contributed by atoms with Crippen molar-refractivity contribution in [3.05, 3.63) is 57.9 Å². The maximum absolute atomic E-state index is 12.8. The fourth-order valence-corrected chi connectivity index (χ4v) is 6.56. The summed E-state index contributed by atoms with van der Waals surface area (Å²) in [5, 5.41) is 4.09. The molecule has 1 aliphatic rings. The van der Waals surface area contributed by atoms with Crippen molar-refractivity contribution in [1.82, 2.24) is 4.31 Å². The van der Waals surface area contributed by atoms with Gasteiger partial charge in [0.05, 0.1) is 9.92 Å². The lowest BCUT2D eigenvalue weighted by molar-refractivity contribution is 0.103. The predicted molar refractivity (Wildman–Crippen MR) is 114 cm³/mol. The molecule has 3 aromatic rings. The second kappa shape index (κ2) is 7.48. The first-order valence-corrected chi connectivity index (χ1v) is 11.6. The van der Waals surface area contributed by atoms with E-state index in [-0.39, 0.29) is 10.8 Å². The minimum atomic E-state index is -3.54. The van der Waals surface area contributed by atoms with E-state index in [1.165, 1.54) is 21.7 Å². The molecule has 146 valence electrons. The molecular weight excluding hydrogens is 416 g/mol. The molecule has 0 spiro atoms. The van der Waals surface area contributed by atoms with Gasteiger partial charge in [0.25, 0.3) is 5.91 Å². The zero-order valence-corrected chi connectivity index (χ0v) is 17.6. The average molecular weight is 435 g/mol. The normalized spacial score (nSPS) is 15.2. The van der Waals surface area contributed by atoms with E-state index in [0.29, 0.717) is 28.7 Å². The fourth-order valence-electron chi connectivity index (χ4n) is 3.42. The van der Waals surface area contributed by atoms with Gasteiger partial charge in [-0.05, 0) is 49.6 Å². The zero-order chi connectivity index (χ0) is 19.9. The molecule has 1 N–H and O–H groups in total. The smallest absolute Gasteiger partial charge is 0.267 e. The molecule has 2 heterocycles. The number of amides is 1. The number of carbonyl (C=O) groups excluding carboxylic acids is 1. The molecule has 2 aromatic carbocycles. The van der Waals surface area contributed by atoms with Gasteiger partial charge in [-0.1, -0.05) is 29.8 Å². The molecule has 0 radical (unpaired) electrons. The average Bonchev–Trinajstić information content (AvgIpc) is 3.31. The highest BCUT2D eigenvalue weighted by Crippen LogP contribution is 2.37. The van der Waals surface area contributed by atoms with Gasteiger partial charge < -0.3 is 5.32 Å². The van der Waals surface area contributed by atoms with Crippen LogP contribution in [0.4, 0.5) is 5.69 Å². The number of fused-ring (bicyclic) bond motifs is 1. The number of benzene rings is 2. The van der Waals surface area contributed by atoms with E-state index in [9.17, 15) is 13.2 Å². The quantitative estimate of drug-likeness (QED) is 0.635. The number of anilines is 1. The van der Waals surface area contributed by atoms with Crippen LogP contribution in [0.25, 0.3) is 10.1 Å². The Morgan fingerprint density at radius 1 is 1.14 bits per heavy atom. The summed E-state index contributed by atoms with van der Waals surface area (Å²) < 4.78 is 27.9. The molecule has 1 amide bonds. The van der Waals surface area contributed by atoms with Crippen molar-refractivity contribution >= 4 is 54.6 Å². The first-order valence-electron chi connectivity index (χ1n) is 8.97. The standard InChI is InChI=1S/C20H19ClN2O3S2/c1-13-6-4-9-16-17(13)18(21)19(27-16)20(24)22-14-7-5-8-15(12-14)28(25,26)23-10-2-3-11-23/h4-9,12H,2-3,10-11H2,1H3,(H,22,24). The lowest BCUT2D eigenvalue weighted by Gasteiger charge is -2.16. The van der Waals surface area contributed by atoms with E-state index < -0.39 is 10.0 Å². The van der Waals surface area contributed by atoms with Crippen LogP contribution in [0.3, 0.4) is 0 Å². The molecule has 0 saturated carbocycles. The van der Waals surface area contributed by atoms with Crippen LogP contribution < -0.4 is 5.32 Å². The molecule has 0 aliphatic carbocycles. The van der Waals surface area contributed by atoms with Crippen LogP contribution in [-0.4, -0.2) is 31.7 Å². The molecule has 1 saturated heterocycles. The van der Waals surface area contributed by atoms with Crippen molar-refractivity contribution in [3.63, 3.8) is 0 Å². The number of aryl methyl sites for hydroxylation is 1. The molecule has 1 fully saturated rings. The molecule has 5 nitrogen and oxygen atoms in total. The summed E-state index contributed by atoms with van der Waals surface area (Å²) in [6.07, 6.45) is 1.75. The second-order valence-electron chi connectivity index (χ2n) is 6.79. The Kier molecular flexibility index (Phi) is 5.18. The van der Waals surface area contributed by atoms with Crippen LogP contribution in [-0.2, 0) is 10.0 Å². The fraction of sp³-hybridized carbons (Fsp3) is 0.250. The Balaban J connectivity index is 1.62. The lowest BCUT2D eigenvalue weighted by Crippen LogP contribution is -2.27. The summed E-state index contributed by atoms with van der Waals surface area (Å²) in [7, 11) is -3.54. The van der Waals surface area contributed by atoms with Crippen LogP contribution in [0.15, 0.2) is 47.4 Å². The number of sulfonamides is 1. The van der Waals surface area contributed by atoms with Gasteiger partial charge in [0.15, 0.2) is 0 Å². The van der Waals surface area contributed by atoms with Gasteiger partial charge in [0.2, 0.25) is 10.0 Å². The number of thiophene rings is 1. The molecule has 0 bridgehead atoms. The van der Waals surface area contributed by atoms with E-state index in [4.69, 9.17) is 11.6 Å². The van der Waals surface area contributed by atoms with Gasteiger partial charge in [0, 0.05) is 28.9 Å². The monoisotopic (exact) mass is 434 g/mol. The summed E-state index contributed by atoms with van der Waals surface area (Å²) in [5.41, 5.74) is 1.44. The van der Waals surface area contributed by atoms with Crippen LogP contribution in [0.1, 0.15) is 28.1 Å². The second-order valence-corrected chi connectivity index (χ2v) is 10.2. The van der Waals surface area contributed by atoms with Crippen molar-refractivity contribution in [3.8, 4) is 0 Å². The largest absolute Gasteiger partial charge is 0.321 e. The SMILES string of the molecule is Cc1cccc2sc(C(=O)Nc3cccc(S(=O)(=O)N4CCCC4)c3)c(Cl)c12.